The summed E-state index contributed by atoms with van der Waals surface area (Å²) in [5.41, 5.74) is 1.31. The van der Waals surface area contributed by atoms with E-state index < -0.39 is 0 Å². The van der Waals surface area contributed by atoms with Gasteiger partial charge in [-0.25, -0.2) is 4.98 Å². The van der Waals surface area contributed by atoms with E-state index in [0.717, 1.165) is 48.7 Å². The molecule has 1 amide bonds. The molecular weight excluding hydrogens is 406 g/mol. The van der Waals surface area contributed by atoms with Crippen molar-refractivity contribution in [3.8, 4) is 0 Å². The number of ether oxygens (including phenoxy) is 1. The Kier molecular flexibility index (Phi) is 6.61. The Balaban J connectivity index is 1.65. The van der Waals surface area contributed by atoms with E-state index in [1.165, 1.54) is 22.2 Å². The summed E-state index contributed by atoms with van der Waals surface area (Å²) in [7, 11) is 0. The number of fused-ring (bicyclic) bond motifs is 3. The lowest BCUT2D eigenvalue weighted by Crippen LogP contribution is -2.44. The van der Waals surface area contributed by atoms with Gasteiger partial charge in [-0.3, -0.25) is 14.2 Å². The maximum absolute atomic E-state index is 13.4. The predicted molar refractivity (Wildman–Crippen MR) is 118 cm³/mol. The standard InChI is InChI=1S/C21H29N3O3S2/c1-3-4-5-9-24-20(26)17-15-7-6-8-16(15)29-18(17)22-21(24)28-14(2)19(25)23-10-12-27-13-11-23/h14H,3-13H2,1-2H3. The largest absolute Gasteiger partial charge is 0.378 e. The highest BCUT2D eigenvalue weighted by Gasteiger charge is 2.27. The number of amides is 1. The topological polar surface area (TPSA) is 64.4 Å². The van der Waals surface area contributed by atoms with Crippen LogP contribution in [0.4, 0.5) is 0 Å². The average Bonchev–Trinajstić information content (AvgIpc) is 3.31. The average molecular weight is 436 g/mol. The molecule has 0 aromatic carbocycles. The number of rotatable bonds is 7. The van der Waals surface area contributed by atoms with E-state index in [1.807, 2.05) is 16.4 Å². The van der Waals surface area contributed by atoms with Gasteiger partial charge in [0.2, 0.25) is 5.91 Å². The summed E-state index contributed by atoms with van der Waals surface area (Å²) in [6.07, 6.45) is 6.31. The number of thioether (sulfide) groups is 1. The van der Waals surface area contributed by atoms with Gasteiger partial charge >= 0.3 is 0 Å². The van der Waals surface area contributed by atoms with Gasteiger partial charge in [-0.05, 0) is 38.2 Å². The first-order valence-electron chi connectivity index (χ1n) is 10.7. The summed E-state index contributed by atoms with van der Waals surface area (Å²) in [4.78, 5) is 35.2. The zero-order chi connectivity index (χ0) is 20.4. The lowest BCUT2D eigenvalue weighted by Gasteiger charge is -2.29. The fraction of sp³-hybridized carbons (Fsp3) is 0.667. The quantitative estimate of drug-likeness (QED) is 0.378. The predicted octanol–water partition coefficient (Wildman–Crippen LogP) is 3.48. The van der Waals surface area contributed by atoms with Crippen LogP contribution in [0.1, 0.15) is 50.0 Å². The van der Waals surface area contributed by atoms with Crippen LogP contribution >= 0.6 is 23.1 Å². The summed E-state index contributed by atoms with van der Waals surface area (Å²) in [5.74, 6) is 0.0985. The third kappa shape index (κ3) is 4.25. The molecule has 1 fully saturated rings. The number of hydrogen-bond acceptors (Lipinski definition) is 6. The number of unbranched alkanes of at least 4 members (excludes halogenated alkanes) is 2. The molecular formula is C21H29N3O3S2. The van der Waals surface area contributed by atoms with Gasteiger partial charge in [0.05, 0.1) is 23.8 Å². The third-order valence-corrected chi connectivity index (χ3v) is 7.99. The summed E-state index contributed by atoms with van der Waals surface area (Å²) >= 11 is 3.09. The minimum absolute atomic E-state index is 0.0824. The maximum atomic E-state index is 13.4. The van der Waals surface area contributed by atoms with Crippen molar-refractivity contribution in [3.05, 3.63) is 20.8 Å². The second-order valence-electron chi connectivity index (χ2n) is 7.79. The highest BCUT2D eigenvalue weighted by atomic mass is 32.2. The second kappa shape index (κ2) is 9.18. The fourth-order valence-electron chi connectivity index (χ4n) is 4.11. The van der Waals surface area contributed by atoms with Crippen LogP contribution in [0.5, 0.6) is 0 Å². The van der Waals surface area contributed by atoms with E-state index in [-0.39, 0.29) is 16.7 Å². The van der Waals surface area contributed by atoms with Gasteiger partial charge in [0.15, 0.2) is 5.16 Å². The summed E-state index contributed by atoms with van der Waals surface area (Å²) in [5, 5.41) is 1.24. The summed E-state index contributed by atoms with van der Waals surface area (Å²) < 4.78 is 7.19. The molecule has 1 aliphatic heterocycles. The molecule has 3 heterocycles. The smallest absolute Gasteiger partial charge is 0.263 e. The molecule has 0 bridgehead atoms. The SMILES string of the molecule is CCCCCn1c(SC(C)C(=O)N2CCOCC2)nc2sc3c(c2c1=O)CCC3. The molecule has 158 valence electrons. The molecule has 0 N–H and O–H groups in total. The number of thiophene rings is 1. The molecule has 0 spiro atoms. The number of aromatic nitrogens is 2. The zero-order valence-electron chi connectivity index (χ0n) is 17.2. The van der Waals surface area contributed by atoms with E-state index in [2.05, 4.69) is 6.92 Å². The van der Waals surface area contributed by atoms with Crippen LogP contribution in [0.15, 0.2) is 9.95 Å². The van der Waals surface area contributed by atoms with Crippen molar-refractivity contribution in [2.75, 3.05) is 26.3 Å². The number of carbonyl (C=O) groups is 1. The van der Waals surface area contributed by atoms with Crippen molar-refractivity contribution in [1.29, 1.82) is 0 Å². The number of aryl methyl sites for hydroxylation is 2. The monoisotopic (exact) mass is 435 g/mol. The second-order valence-corrected chi connectivity index (χ2v) is 10.2. The molecule has 2 aromatic heterocycles. The number of nitrogens with zero attached hydrogens (tertiary/aromatic N) is 3. The van der Waals surface area contributed by atoms with E-state index in [4.69, 9.17) is 9.72 Å². The fourth-order valence-corrected chi connectivity index (χ4v) is 6.44. The van der Waals surface area contributed by atoms with Crippen molar-refractivity contribution < 1.29 is 9.53 Å². The third-order valence-electron chi connectivity index (χ3n) is 5.73. The summed E-state index contributed by atoms with van der Waals surface area (Å²) in [6.45, 7) is 7.21. The molecule has 1 atom stereocenters. The zero-order valence-corrected chi connectivity index (χ0v) is 18.9. The van der Waals surface area contributed by atoms with Gasteiger partial charge in [0.25, 0.3) is 5.56 Å². The van der Waals surface area contributed by atoms with E-state index >= 15 is 0 Å². The van der Waals surface area contributed by atoms with Crippen LogP contribution in [-0.2, 0) is 28.9 Å². The van der Waals surface area contributed by atoms with Gasteiger partial charge in [-0.2, -0.15) is 0 Å². The highest BCUT2D eigenvalue weighted by Crippen LogP contribution is 2.36. The Labute approximate surface area is 179 Å². The van der Waals surface area contributed by atoms with Crippen LogP contribution in [0.3, 0.4) is 0 Å². The van der Waals surface area contributed by atoms with E-state index in [9.17, 15) is 9.59 Å². The maximum Gasteiger partial charge on any atom is 0.263 e. The first-order chi connectivity index (χ1) is 14.1. The van der Waals surface area contributed by atoms with E-state index in [1.54, 1.807) is 11.3 Å². The van der Waals surface area contributed by atoms with Gasteiger partial charge in [-0.1, -0.05) is 31.5 Å². The van der Waals surface area contributed by atoms with Gasteiger partial charge in [0.1, 0.15) is 4.83 Å². The molecule has 4 rings (SSSR count). The molecule has 2 aromatic rings. The molecule has 2 aliphatic rings. The molecule has 29 heavy (non-hydrogen) atoms. The van der Waals surface area contributed by atoms with Gasteiger partial charge in [0, 0.05) is 24.5 Å². The lowest BCUT2D eigenvalue weighted by atomic mass is 10.2. The van der Waals surface area contributed by atoms with Crippen LogP contribution in [0.25, 0.3) is 10.2 Å². The molecule has 0 radical (unpaired) electrons. The van der Waals surface area contributed by atoms with Crippen LogP contribution in [-0.4, -0.2) is 51.9 Å². The Morgan fingerprint density at radius 3 is 2.83 bits per heavy atom. The minimum atomic E-state index is -0.276. The highest BCUT2D eigenvalue weighted by molar-refractivity contribution is 8.00. The molecule has 1 saturated heterocycles. The molecule has 0 saturated carbocycles. The number of morpholine rings is 1. The Hall–Kier alpha value is -1.38. The normalized spacial score (nSPS) is 17.7. The Bertz CT molecular complexity index is 947. The Morgan fingerprint density at radius 2 is 2.07 bits per heavy atom. The van der Waals surface area contributed by atoms with Crippen LogP contribution < -0.4 is 5.56 Å². The van der Waals surface area contributed by atoms with Gasteiger partial charge in [-0.15, -0.1) is 11.3 Å². The van der Waals surface area contributed by atoms with Gasteiger partial charge < -0.3 is 9.64 Å². The van der Waals surface area contributed by atoms with Crippen molar-refractivity contribution in [3.63, 3.8) is 0 Å². The molecule has 8 heteroatoms. The van der Waals surface area contributed by atoms with E-state index in [0.29, 0.717) is 38.0 Å². The Morgan fingerprint density at radius 1 is 1.28 bits per heavy atom. The first kappa shape index (κ1) is 20.9. The molecule has 1 aliphatic carbocycles. The number of carbonyl (C=O) groups excluding carboxylic acids is 1. The molecule has 1 unspecified atom stereocenters. The van der Waals surface area contributed by atoms with Crippen molar-refractivity contribution in [2.45, 2.75) is 69.3 Å². The number of hydrogen-bond donors (Lipinski definition) is 0. The first-order valence-corrected chi connectivity index (χ1v) is 12.4. The van der Waals surface area contributed by atoms with Crippen molar-refractivity contribution >= 4 is 39.2 Å². The van der Waals surface area contributed by atoms with Crippen LogP contribution in [0, 0.1) is 0 Å². The lowest BCUT2D eigenvalue weighted by molar-refractivity contribution is -0.134. The molecule has 6 nitrogen and oxygen atoms in total. The minimum Gasteiger partial charge on any atom is -0.378 e. The van der Waals surface area contributed by atoms with Crippen molar-refractivity contribution in [2.24, 2.45) is 0 Å². The summed E-state index contributed by atoms with van der Waals surface area (Å²) in [6, 6.07) is 0. The van der Waals surface area contributed by atoms with Crippen LogP contribution in [0.2, 0.25) is 0 Å². The van der Waals surface area contributed by atoms with Crippen molar-refractivity contribution in [1.82, 2.24) is 14.5 Å².